The predicted molar refractivity (Wildman–Crippen MR) is 91.6 cm³/mol. The normalized spacial score (nSPS) is 11.6. The van der Waals surface area contributed by atoms with E-state index in [2.05, 4.69) is 10.6 Å². The highest BCUT2D eigenvalue weighted by Crippen LogP contribution is 2.16. The first-order valence-corrected chi connectivity index (χ1v) is 8.45. The molecule has 1 atom stereocenters. The van der Waals surface area contributed by atoms with E-state index in [0.29, 0.717) is 6.42 Å². The molecule has 126 valence electrons. The third-order valence-electron chi connectivity index (χ3n) is 3.05. The summed E-state index contributed by atoms with van der Waals surface area (Å²) in [7, 11) is 0. The smallest absolute Gasteiger partial charge is 0.305 e. The number of carboxylic acids is 1. The summed E-state index contributed by atoms with van der Waals surface area (Å²) in [6.07, 6.45) is 0.460. The standard InChI is InChI=1S/C16H22N2O4S/c1-3-13(16(22)17-9-8-15(20)21)23-10-14(19)18-12-6-4-11(2)5-7-12/h4-7,13H,3,8-10H2,1-2H3,(H,17,22)(H,18,19)(H,20,21). The van der Waals surface area contributed by atoms with Crippen LogP contribution in [-0.4, -0.2) is 40.4 Å². The van der Waals surface area contributed by atoms with Crippen molar-refractivity contribution in [2.75, 3.05) is 17.6 Å². The Hall–Kier alpha value is -2.02. The number of nitrogens with one attached hydrogen (secondary N) is 2. The van der Waals surface area contributed by atoms with Gasteiger partial charge in [-0.3, -0.25) is 14.4 Å². The van der Waals surface area contributed by atoms with Gasteiger partial charge < -0.3 is 15.7 Å². The number of carbonyl (C=O) groups is 3. The molecular weight excluding hydrogens is 316 g/mol. The molecule has 3 N–H and O–H groups in total. The number of aryl methyl sites for hydroxylation is 1. The highest BCUT2D eigenvalue weighted by Gasteiger charge is 2.18. The van der Waals surface area contributed by atoms with Crippen molar-refractivity contribution >= 4 is 35.2 Å². The zero-order valence-corrected chi connectivity index (χ0v) is 14.1. The summed E-state index contributed by atoms with van der Waals surface area (Å²) >= 11 is 1.25. The third kappa shape index (κ3) is 7.69. The molecule has 23 heavy (non-hydrogen) atoms. The quantitative estimate of drug-likeness (QED) is 0.640. The summed E-state index contributed by atoms with van der Waals surface area (Å²) in [4.78, 5) is 34.2. The van der Waals surface area contributed by atoms with Crippen LogP contribution in [0.2, 0.25) is 0 Å². The molecule has 0 spiro atoms. The molecular formula is C16H22N2O4S. The number of amides is 2. The zero-order valence-electron chi connectivity index (χ0n) is 13.3. The van der Waals surface area contributed by atoms with E-state index in [9.17, 15) is 14.4 Å². The van der Waals surface area contributed by atoms with Gasteiger partial charge in [0, 0.05) is 12.2 Å². The van der Waals surface area contributed by atoms with Gasteiger partial charge in [-0.05, 0) is 25.5 Å². The lowest BCUT2D eigenvalue weighted by Gasteiger charge is -2.14. The molecule has 0 heterocycles. The molecule has 1 rings (SSSR count). The van der Waals surface area contributed by atoms with E-state index < -0.39 is 5.97 Å². The summed E-state index contributed by atoms with van der Waals surface area (Å²) in [5, 5.41) is 13.5. The lowest BCUT2D eigenvalue weighted by molar-refractivity contribution is -0.137. The third-order valence-corrected chi connectivity index (χ3v) is 4.43. The van der Waals surface area contributed by atoms with E-state index in [1.54, 1.807) is 0 Å². The first kappa shape index (κ1) is 19.0. The molecule has 0 aliphatic rings. The molecule has 1 aromatic rings. The van der Waals surface area contributed by atoms with Crippen molar-refractivity contribution in [3.8, 4) is 0 Å². The molecule has 0 saturated carbocycles. The average molecular weight is 338 g/mol. The Morgan fingerprint density at radius 3 is 2.43 bits per heavy atom. The topological polar surface area (TPSA) is 95.5 Å². The minimum Gasteiger partial charge on any atom is -0.481 e. The predicted octanol–water partition coefficient (Wildman–Crippen LogP) is 2.04. The second-order valence-corrected chi connectivity index (χ2v) is 6.25. The van der Waals surface area contributed by atoms with Gasteiger partial charge in [0.15, 0.2) is 0 Å². The van der Waals surface area contributed by atoms with E-state index in [1.165, 1.54) is 11.8 Å². The maximum absolute atomic E-state index is 11.9. The van der Waals surface area contributed by atoms with Crippen molar-refractivity contribution < 1.29 is 19.5 Å². The van der Waals surface area contributed by atoms with Crippen LogP contribution in [0.1, 0.15) is 25.3 Å². The Morgan fingerprint density at radius 1 is 1.22 bits per heavy atom. The second-order valence-electron chi connectivity index (χ2n) is 5.06. The number of rotatable bonds is 9. The summed E-state index contributed by atoms with van der Waals surface area (Å²) in [6, 6.07) is 7.47. The highest BCUT2D eigenvalue weighted by molar-refractivity contribution is 8.01. The average Bonchev–Trinajstić information content (AvgIpc) is 2.50. The maximum Gasteiger partial charge on any atom is 0.305 e. The van der Waals surface area contributed by atoms with Gasteiger partial charge >= 0.3 is 5.97 Å². The molecule has 0 radical (unpaired) electrons. The van der Waals surface area contributed by atoms with Gasteiger partial charge in [0.1, 0.15) is 0 Å². The van der Waals surface area contributed by atoms with Gasteiger partial charge in [-0.1, -0.05) is 24.6 Å². The van der Waals surface area contributed by atoms with Crippen molar-refractivity contribution in [2.24, 2.45) is 0 Å². The summed E-state index contributed by atoms with van der Waals surface area (Å²) in [5.74, 6) is -1.19. The van der Waals surface area contributed by atoms with Gasteiger partial charge in [-0.15, -0.1) is 11.8 Å². The second kappa shape index (κ2) is 9.89. The number of carboxylic acid groups (broad SMARTS) is 1. The number of aliphatic carboxylic acids is 1. The Balaban J connectivity index is 2.37. The number of anilines is 1. The Morgan fingerprint density at radius 2 is 1.87 bits per heavy atom. The summed E-state index contributed by atoms with van der Waals surface area (Å²) < 4.78 is 0. The van der Waals surface area contributed by atoms with Crippen molar-refractivity contribution in [1.82, 2.24) is 5.32 Å². The molecule has 0 aromatic heterocycles. The highest BCUT2D eigenvalue weighted by atomic mass is 32.2. The summed E-state index contributed by atoms with van der Waals surface area (Å²) in [6.45, 7) is 3.92. The van der Waals surface area contributed by atoms with E-state index in [0.717, 1.165) is 11.3 Å². The number of carbonyl (C=O) groups excluding carboxylic acids is 2. The largest absolute Gasteiger partial charge is 0.481 e. The minimum atomic E-state index is -0.955. The fourth-order valence-corrected chi connectivity index (χ4v) is 2.69. The lowest BCUT2D eigenvalue weighted by Crippen LogP contribution is -2.34. The van der Waals surface area contributed by atoms with Crippen LogP contribution in [0.3, 0.4) is 0 Å². The van der Waals surface area contributed by atoms with Crippen LogP contribution < -0.4 is 10.6 Å². The molecule has 0 saturated heterocycles. The van der Waals surface area contributed by atoms with Crippen molar-refractivity contribution in [3.63, 3.8) is 0 Å². The van der Waals surface area contributed by atoms with Crippen LogP contribution in [0.15, 0.2) is 24.3 Å². The van der Waals surface area contributed by atoms with Crippen LogP contribution >= 0.6 is 11.8 Å². The monoisotopic (exact) mass is 338 g/mol. The zero-order chi connectivity index (χ0) is 17.2. The molecule has 0 fully saturated rings. The minimum absolute atomic E-state index is 0.0980. The lowest BCUT2D eigenvalue weighted by atomic mass is 10.2. The molecule has 0 bridgehead atoms. The Bertz CT molecular complexity index is 546. The molecule has 2 amide bonds. The van der Waals surface area contributed by atoms with Crippen molar-refractivity contribution in [1.29, 1.82) is 0 Å². The van der Waals surface area contributed by atoms with Gasteiger partial charge in [-0.2, -0.15) is 0 Å². The van der Waals surface area contributed by atoms with Gasteiger partial charge in [0.2, 0.25) is 11.8 Å². The van der Waals surface area contributed by atoms with Crippen LogP contribution in [0.5, 0.6) is 0 Å². The molecule has 0 aliphatic carbocycles. The SMILES string of the molecule is CCC(SCC(=O)Nc1ccc(C)cc1)C(=O)NCCC(=O)O. The van der Waals surface area contributed by atoms with Crippen molar-refractivity contribution in [3.05, 3.63) is 29.8 Å². The van der Waals surface area contributed by atoms with E-state index in [1.807, 2.05) is 38.1 Å². The fourth-order valence-electron chi connectivity index (χ4n) is 1.80. The maximum atomic E-state index is 11.9. The number of hydrogen-bond acceptors (Lipinski definition) is 4. The van der Waals surface area contributed by atoms with E-state index in [4.69, 9.17) is 5.11 Å². The molecule has 7 heteroatoms. The van der Waals surface area contributed by atoms with Crippen LogP contribution in [0.25, 0.3) is 0 Å². The molecule has 1 unspecified atom stereocenters. The van der Waals surface area contributed by atoms with Gasteiger partial charge in [-0.25, -0.2) is 0 Å². The fraction of sp³-hybridized carbons (Fsp3) is 0.438. The number of hydrogen-bond donors (Lipinski definition) is 3. The van der Waals surface area contributed by atoms with Crippen LogP contribution in [-0.2, 0) is 14.4 Å². The first-order chi connectivity index (χ1) is 10.9. The van der Waals surface area contributed by atoms with E-state index >= 15 is 0 Å². The van der Waals surface area contributed by atoms with E-state index in [-0.39, 0.29) is 35.8 Å². The Kier molecular flexibility index (Phi) is 8.18. The summed E-state index contributed by atoms with van der Waals surface area (Å²) in [5.41, 5.74) is 1.83. The van der Waals surface area contributed by atoms with Gasteiger partial charge in [0.25, 0.3) is 0 Å². The number of benzene rings is 1. The molecule has 1 aromatic carbocycles. The molecule has 0 aliphatic heterocycles. The molecule has 6 nitrogen and oxygen atoms in total. The van der Waals surface area contributed by atoms with Crippen molar-refractivity contribution in [2.45, 2.75) is 31.9 Å². The number of thioether (sulfide) groups is 1. The van der Waals surface area contributed by atoms with Crippen LogP contribution in [0.4, 0.5) is 5.69 Å². The first-order valence-electron chi connectivity index (χ1n) is 7.40. The van der Waals surface area contributed by atoms with Crippen LogP contribution in [0, 0.1) is 6.92 Å². The van der Waals surface area contributed by atoms with Gasteiger partial charge in [0.05, 0.1) is 17.4 Å². The Labute approximate surface area is 140 Å².